The predicted octanol–water partition coefficient (Wildman–Crippen LogP) is 3.90. The lowest BCUT2D eigenvalue weighted by molar-refractivity contribution is -0.152. The number of fused-ring (bicyclic) bond motifs is 1. The summed E-state index contributed by atoms with van der Waals surface area (Å²) in [6.07, 6.45) is -0.829. The third kappa shape index (κ3) is 5.52. The lowest BCUT2D eigenvalue weighted by Crippen LogP contribution is -2.35. The minimum Gasteiger partial charge on any atom is -0.452 e. The summed E-state index contributed by atoms with van der Waals surface area (Å²) in [4.78, 5) is 28.6. The Morgan fingerprint density at radius 2 is 2.00 bits per heavy atom. The van der Waals surface area contributed by atoms with Gasteiger partial charge in [-0.05, 0) is 37.6 Å². The van der Waals surface area contributed by atoms with Gasteiger partial charge in [-0.3, -0.25) is 9.59 Å². The fraction of sp³-hybridized carbons (Fsp3) is 0.286. The second kappa shape index (κ2) is 9.80. The predicted molar refractivity (Wildman–Crippen MR) is 115 cm³/mol. The Bertz CT molecular complexity index is 1010. The summed E-state index contributed by atoms with van der Waals surface area (Å²) >= 11 is 7.39. The van der Waals surface area contributed by atoms with E-state index in [9.17, 15) is 9.59 Å². The van der Waals surface area contributed by atoms with Gasteiger partial charge in [0.2, 0.25) is 0 Å². The van der Waals surface area contributed by atoms with Crippen LogP contribution >= 0.6 is 23.4 Å². The number of benzene rings is 2. The number of aromatic nitrogens is 2. The van der Waals surface area contributed by atoms with Gasteiger partial charge >= 0.3 is 5.97 Å². The molecule has 0 saturated heterocycles. The molecule has 0 spiro atoms. The third-order valence-electron chi connectivity index (χ3n) is 4.21. The molecule has 3 aromatic rings. The van der Waals surface area contributed by atoms with Gasteiger partial charge in [-0.2, -0.15) is 0 Å². The summed E-state index contributed by atoms with van der Waals surface area (Å²) in [5, 5.41) is 3.93. The van der Waals surface area contributed by atoms with Crippen LogP contribution in [-0.4, -0.2) is 39.8 Å². The molecule has 0 aliphatic carbocycles. The minimum atomic E-state index is -0.829. The Morgan fingerprint density at radius 3 is 2.72 bits per heavy atom. The maximum absolute atomic E-state index is 12.2. The number of carbonyl (C=O) groups excluding carboxylic acids is 2. The van der Waals surface area contributed by atoms with Crippen molar-refractivity contribution >= 4 is 46.3 Å². The minimum absolute atomic E-state index is 0.0512. The summed E-state index contributed by atoms with van der Waals surface area (Å²) in [5.41, 5.74) is 2.82. The standard InChI is InChI=1S/C21H22ClN3O3S/c1-3-23-20(27)14(2)28-19(26)13-29-21-24-17-11-16(22)9-10-18(17)25(21)12-15-7-5-4-6-8-15/h4-11,14H,3,12-13H2,1-2H3,(H,23,27)/t14-/m0/s1. The maximum atomic E-state index is 12.2. The van der Waals surface area contributed by atoms with E-state index in [4.69, 9.17) is 16.3 Å². The average Bonchev–Trinajstić information content (AvgIpc) is 3.03. The number of amides is 1. The molecule has 0 unspecified atom stereocenters. The molecule has 0 fully saturated rings. The number of hydrogen-bond acceptors (Lipinski definition) is 5. The van der Waals surface area contributed by atoms with E-state index in [1.165, 1.54) is 11.8 Å². The van der Waals surface area contributed by atoms with Gasteiger partial charge in [0.05, 0.1) is 23.3 Å². The Labute approximate surface area is 178 Å². The van der Waals surface area contributed by atoms with Crippen LogP contribution in [0.3, 0.4) is 0 Å². The molecule has 6 nitrogen and oxygen atoms in total. The van der Waals surface area contributed by atoms with Crippen LogP contribution in [-0.2, 0) is 20.9 Å². The number of nitrogens with zero attached hydrogens (tertiary/aromatic N) is 2. The monoisotopic (exact) mass is 431 g/mol. The van der Waals surface area contributed by atoms with E-state index < -0.39 is 12.1 Å². The molecule has 8 heteroatoms. The molecule has 0 bridgehead atoms. The first-order chi connectivity index (χ1) is 14.0. The van der Waals surface area contributed by atoms with Gasteiger partial charge in [-0.1, -0.05) is 53.7 Å². The quantitative estimate of drug-likeness (QED) is 0.432. The van der Waals surface area contributed by atoms with Crippen LogP contribution in [0.15, 0.2) is 53.7 Å². The van der Waals surface area contributed by atoms with E-state index in [1.807, 2.05) is 54.0 Å². The summed E-state index contributed by atoms with van der Waals surface area (Å²) in [6.45, 7) is 4.47. The number of thioether (sulfide) groups is 1. The number of imidazole rings is 1. The zero-order valence-corrected chi connectivity index (χ0v) is 17.8. The number of ether oxygens (including phenoxy) is 1. The lowest BCUT2D eigenvalue weighted by atomic mass is 10.2. The molecule has 3 rings (SSSR count). The molecule has 0 radical (unpaired) electrons. The normalized spacial score (nSPS) is 12.0. The fourth-order valence-electron chi connectivity index (χ4n) is 2.84. The molecule has 1 heterocycles. The van der Waals surface area contributed by atoms with Crippen molar-refractivity contribution in [3.8, 4) is 0 Å². The summed E-state index contributed by atoms with van der Waals surface area (Å²) in [5.74, 6) is -0.725. The van der Waals surface area contributed by atoms with E-state index in [-0.39, 0.29) is 11.7 Å². The zero-order valence-electron chi connectivity index (χ0n) is 16.2. The van der Waals surface area contributed by atoms with E-state index >= 15 is 0 Å². The highest BCUT2D eigenvalue weighted by Crippen LogP contribution is 2.27. The van der Waals surface area contributed by atoms with Gasteiger partial charge in [0, 0.05) is 11.6 Å². The highest BCUT2D eigenvalue weighted by atomic mass is 35.5. The average molecular weight is 432 g/mol. The van der Waals surface area contributed by atoms with E-state index in [0.29, 0.717) is 23.3 Å². The van der Waals surface area contributed by atoms with Crippen LogP contribution in [0.1, 0.15) is 19.4 Å². The summed E-state index contributed by atoms with van der Waals surface area (Å²) in [7, 11) is 0. The third-order valence-corrected chi connectivity index (χ3v) is 5.39. The summed E-state index contributed by atoms with van der Waals surface area (Å²) in [6, 6.07) is 15.6. The largest absolute Gasteiger partial charge is 0.452 e. The van der Waals surface area contributed by atoms with E-state index in [1.54, 1.807) is 13.0 Å². The first-order valence-electron chi connectivity index (χ1n) is 9.27. The van der Waals surface area contributed by atoms with Gasteiger partial charge in [-0.25, -0.2) is 4.98 Å². The molecule has 1 atom stereocenters. The van der Waals surface area contributed by atoms with E-state index in [2.05, 4.69) is 10.3 Å². The number of rotatable bonds is 8. The molecular weight excluding hydrogens is 410 g/mol. The highest BCUT2D eigenvalue weighted by molar-refractivity contribution is 7.99. The topological polar surface area (TPSA) is 73.2 Å². The lowest BCUT2D eigenvalue weighted by Gasteiger charge is -2.13. The van der Waals surface area contributed by atoms with E-state index in [0.717, 1.165) is 16.6 Å². The second-order valence-corrected chi connectivity index (χ2v) is 7.79. The fourth-order valence-corrected chi connectivity index (χ4v) is 3.80. The number of carbonyl (C=O) groups is 2. The SMILES string of the molecule is CCNC(=O)[C@H](C)OC(=O)CSc1nc2cc(Cl)ccc2n1Cc1ccccc1. The molecular formula is C21H22ClN3O3S. The molecule has 1 N–H and O–H groups in total. The number of hydrogen-bond donors (Lipinski definition) is 1. The first kappa shape index (κ1) is 21.2. The highest BCUT2D eigenvalue weighted by Gasteiger charge is 2.19. The van der Waals surface area contributed by atoms with Crippen molar-refractivity contribution in [2.24, 2.45) is 0 Å². The second-order valence-electron chi connectivity index (χ2n) is 6.41. The molecule has 0 aliphatic rings. The molecule has 152 valence electrons. The van der Waals surface area contributed by atoms with Crippen LogP contribution in [0.4, 0.5) is 0 Å². The van der Waals surface area contributed by atoms with Crippen LogP contribution in [0.5, 0.6) is 0 Å². The van der Waals surface area contributed by atoms with Crippen molar-refractivity contribution in [1.29, 1.82) is 0 Å². The Kier molecular flexibility index (Phi) is 7.17. The smallest absolute Gasteiger partial charge is 0.317 e. The molecule has 0 saturated carbocycles. The Hall–Kier alpha value is -2.51. The summed E-state index contributed by atoms with van der Waals surface area (Å²) < 4.78 is 7.26. The molecule has 1 amide bonds. The first-order valence-corrected chi connectivity index (χ1v) is 10.6. The van der Waals surface area contributed by atoms with Gasteiger partial charge in [0.15, 0.2) is 11.3 Å². The van der Waals surface area contributed by atoms with Gasteiger partial charge in [-0.15, -0.1) is 0 Å². The van der Waals surface area contributed by atoms with Crippen LogP contribution in [0.25, 0.3) is 11.0 Å². The van der Waals surface area contributed by atoms with Gasteiger partial charge < -0.3 is 14.6 Å². The van der Waals surface area contributed by atoms with Crippen molar-refractivity contribution in [1.82, 2.24) is 14.9 Å². The maximum Gasteiger partial charge on any atom is 0.317 e. The molecule has 0 aliphatic heterocycles. The van der Waals surface area contributed by atoms with Crippen molar-refractivity contribution < 1.29 is 14.3 Å². The number of nitrogens with one attached hydrogen (secondary N) is 1. The van der Waals surface area contributed by atoms with Crippen LogP contribution in [0.2, 0.25) is 5.02 Å². The number of esters is 1. The van der Waals surface area contributed by atoms with Crippen molar-refractivity contribution in [2.45, 2.75) is 31.7 Å². The number of halogens is 1. The van der Waals surface area contributed by atoms with Crippen LogP contribution < -0.4 is 5.32 Å². The zero-order chi connectivity index (χ0) is 20.8. The van der Waals surface area contributed by atoms with Crippen molar-refractivity contribution in [3.63, 3.8) is 0 Å². The van der Waals surface area contributed by atoms with Crippen molar-refractivity contribution in [2.75, 3.05) is 12.3 Å². The van der Waals surface area contributed by atoms with Gasteiger partial charge in [0.25, 0.3) is 5.91 Å². The molecule has 29 heavy (non-hydrogen) atoms. The molecule has 1 aromatic heterocycles. The van der Waals surface area contributed by atoms with Crippen LogP contribution in [0, 0.1) is 0 Å². The Balaban J connectivity index is 1.76. The van der Waals surface area contributed by atoms with Gasteiger partial charge in [0.1, 0.15) is 0 Å². The number of likely N-dealkylation sites (N-methyl/N-ethyl adjacent to an activating group) is 1. The Morgan fingerprint density at radius 1 is 1.24 bits per heavy atom. The van der Waals surface area contributed by atoms with Crippen molar-refractivity contribution in [3.05, 3.63) is 59.1 Å². The molecule has 2 aromatic carbocycles.